The third kappa shape index (κ3) is 3.96. The number of nitrogens with one attached hydrogen (secondary N) is 1. The van der Waals surface area contributed by atoms with E-state index in [1.165, 1.54) is 4.90 Å². The summed E-state index contributed by atoms with van der Waals surface area (Å²) in [6.07, 6.45) is -4.80. The second-order valence-corrected chi connectivity index (χ2v) is 5.80. The maximum atomic E-state index is 12.7. The molecule has 128 valence electrons. The number of carbonyl (C=O) groups excluding carboxylic acids is 1. The molecule has 0 saturated carbocycles. The molecule has 2 amide bonds. The smallest absolute Gasteiger partial charge is 0.380 e. The molecule has 1 aliphatic heterocycles. The van der Waals surface area contributed by atoms with Crippen LogP contribution in [0.5, 0.6) is 0 Å². The standard InChI is InChI=1S/C16H21F3N2O2/c1-2-12-5-3-4-6-13(12)11-20-14(22)21-9-7-15(23,8-10-21)16(17,18)19/h3-6,23H,2,7-11H2,1H3,(H,20,22). The maximum absolute atomic E-state index is 12.7. The summed E-state index contributed by atoms with van der Waals surface area (Å²) in [5, 5.41) is 12.3. The van der Waals surface area contributed by atoms with Gasteiger partial charge in [0, 0.05) is 32.5 Å². The quantitative estimate of drug-likeness (QED) is 0.895. The van der Waals surface area contributed by atoms with Crippen molar-refractivity contribution in [2.45, 2.75) is 44.5 Å². The van der Waals surface area contributed by atoms with Gasteiger partial charge in [0.1, 0.15) is 0 Å². The summed E-state index contributed by atoms with van der Waals surface area (Å²) in [6.45, 7) is 2.13. The lowest BCUT2D eigenvalue weighted by molar-refractivity contribution is -0.271. The van der Waals surface area contributed by atoms with Gasteiger partial charge in [-0.05, 0) is 17.5 Å². The van der Waals surface area contributed by atoms with Gasteiger partial charge in [-0.2, -0.15) is 13.2 Å². The van der Waals surface area contributed by atoms with E-state index in [9.17, 15) is 23.1 Å². The molecule has 1 fully saturated rings. The maximum Gasteiger partial charge on any atom is 0.417 e. The molecule has 1 saturated heterocycles. The summed E-state index contributed by atoms with van der Waals surface area (Å²) in [5.74, 6) is 0. The molecule has 7 heteroatoms. The molecule has 4 nitrogen and oxygen atoms in total. The summed E-state index contributed by atoms with van der Waals surface area (Å²) >= 11 is 0. The van der Waals surface area contributed by atoms with Crippen molar-refractivity contribution in [1.29, 1.82) is 0 Å². The summed E-state index contributed by atoms with van der Waals surface area (Å²) in [7, 11) is 0. The fourth-order valence-electron chi connectivity index (χ4n) is 2.72. The highest BCUT2D eigenvalue weighted by Gasteiger charge is 2.54. The third-order valence-electron chi connectivity index (χ3n) is 4.33. The molecule has 2 N–H and O–H groups in total. The Labute approximate surface area is 133 Å². The Kier molecular flexibility index (Phi) is 5.19. The van der Waals surface area contributed by atoms with E-state index in [-0.39, 0.29) is 13.1 Å². The van der Waals surface area contributed by atoms with E-state index in [0.717, 1.165) is 17.5 Å². The van der Waals surface area contributed by atoms with Crippen molar-refractivity contribution in [3.8, 4) is 0 Å². The first kappa shape index (κ1) is 17.6. The first-order chi connectivity index (χ1) is 10.8. The van der Waals surface area contributed by atoms with Crippen LogP contribution >= 0.6 is 0 Å². The number of aryl methyl sites for hydroxylation is 1. The predicted octanol–water partition coefficient (Wildman–Crippen LogP) is 2.85. The molecule has 0 unspecified atom stereocenters. The number of alkyl halides is 3. The number of urea groups is 1. The monoisotopic (exact) mass is 330 g/mol. The Balaban J connectivity index is 1.89. The van der Waals surface area contributed by atoms with Crippen LogP contribution in [0.25, 0.3) is 0 Å². The van der Waals surface area contributed by atoms with E-state index in [1.54, 1.807) is 0 Å². The van der Waals surface area contributed by atoms with Crippen molar-refractivity contribution >= 4 is 6.03 Å². The lowest BCUT2D eigenvalue weighted by Gasteiger charge is -2.39. The van der Waals surface area contributed by atoms with Gasteiger partial charge in [-0.3, -0.25) is 0 Å². The predicted molar refractivity (Wildman–Crippen MR) is 79.9 cm³/mol. The summed E-state index contributed by atoms with van der Waals surface area (Å²) in [5.41, 5.74) is -0.566. The van der Waals surface area contributed by atoms with Crippen molar-refractivity contribution in [1.82, 2.24) is 10.2 Å². The van der Waals surface area contributed by atoms with E-state index in [0.29, 0.717) is 6.54 Å². The zero-order valence-electron chi connectivity index (χ0n) is 13.0. The van der Waals surface area contributed by atoms with Gasteiger partial charge >= 0.3 is 12.2 Å². The summed E-state index contributed by atoms with van der Waals surface area (Å²) in [4.78, 5) is 13.4. The molecular weight excluding hydrogens is 309 g/mol. The molecule has 0 aliphatic carbocycles. The molecular formula is C16H21F3N2O2. The van der Waals surface area contributed by atoms with Crippen molar-refractivity contribution in [3.05, 3.63) is 35.4 Å². The number of likely N-dealkylation sites (tertiary alicyclic amines) is 1. The Morgan fingerprint density at radius 3 is 2.35 bits per heavy atom. The number of nitrogens with zero attached hydrogens (tertiary/aromatic N) is 1. The van der Waals surface area contributed by atoms with Gasteiger partial charge in [-0.25, -0.2) is 4.79 Å². The lowest BCUT2D eigenvalue weighted by atomic mass is 9.91. The van der Waals surface area contributed by atoms with Crippen molar-refractivity contribution in [2.24, 2.45) is 0 Å². The Morgan fingerprint density at radius 1 is 1.26 bits per heavy atom. The van der Waals surface area contributed by atoms with Gasteiger partial charge in [0.25, 0.3) is 0 Å². The number of aliphatic hydroxyl groups is 1. The lowest BCUT2D eigenvalue weighted by Crippen LogP contribution is -2.55. The molecule has 0 atom stereocenters. The van der Waals surface area contributed by atoms with Crippen LogP contribution in [0.3, 0.4) is 0 Å². The first-order valence-corrected chi connectivity index (χ1v) is 7.65. The second kappa shape index (κ2) is 6.78. The van der Waals surface area contributed by atoms with Crippen LogP contribution in [0, 0.1) is 0 Å². The third-order valence-corrected chi connectivity index (χ3v) is 4.33. The van der Waals surface area contributed by atoms with Gasteiger partial charge in [0.05, 0.1) is 0 Å². The highest BCUT2D eigenvalue weighted by molar-refractivity contribution is 5.74. The van der Waals surface area contributed by atoms with Crippen LogP contribution in [0.2, 0.25) is 0 Å². The molecule has 1 aromatic rings. The zero-order valence-corrected chi connectivity index (χ0v) is 13.0. The van der Waals surface area contributed by atoms with E-state index < -0.39 is 30.7 Å². The summed E-state index contributed by atoms with van der Waals surface area (Å²) in [6, 6.07) is 7.29. The SMILES string of the molecule is CCc1ccccc1CNC(=O)N1CCC(O)(C(F)(F)F)CC1. The number of piperidine rings is 1. The second-order valence-electron chi connectivity index (χ2n) is 5.80. The average molecular weight is 330 g/mol. The largest absolute Gasteiger partial charge is 0.417 e. The Morgan fingerprint density at radius 2 is 1.83 bits per heavy atom. The van der Waals surface area contributed by atoms with Crippen LogP contribution in [0.15, 0.2) is 24.3 Å². The number of rotatable bonds is 3. The van der Waals surface area contributed by atoms with Gasteiger partial charge in [-0.1, -0.05) is 31.2 Å². The minimum atomic E-state index is -4.66. The zero-order chi connectivity index (χ0) is 17.1. The minimum Gasteiger partial charge on any atom is -0.380 e. The number of carbonyl (C=O) groups is 1. The van der Waals surface area contributed by atoms with Gasteiger partial charge in [0.2, 0.25) is 0 Å². The average Bonchev–Trinajstić information content (AvgIpc) is 2.52. The normalized spacial score (nSPS) is 17.9. The number of hydrogen-bond acceptors (Lipinski definition) is 2. The summed E-state index contributed by atoms with van der Waals surface area (Å²) < 4.78 is 38.2. The number of amides is 2. The van der Waals surface area contributed by atoms with Crippen LogP contribution in [0.4, 0.5) is 18.0 Å². The first-order valence-electron chi connectivity index (χ1n) is 7.65. The van der Waals surface area contributed by atoms with Gasteiger partial charge < -0.3 is 15.3 Å². The molecule has 1 heterocycles. The number of benzene rings is 1. The van der Waals surface area contributed by atoms with E-state index in [4.69, 9.17) is 0 Å². The topological polar surface area (TPSA) is 52.6 Å². The van der Waals surface area contributed by atoms with Gasteiger partial charge in [-0.15, -0.1) is 0 Å². The van der Waals surface area contributed by atoms with Crippen molar-refractivity contribution in [3.63, 3.8) is 0 Å². The van der Waals surface area contributed by atoms with Crippen LogP contribution in [-0.2, 0) is 13.0 Å². The fourth-order valence-corrected chi connectivity index (χ4v) is 2.72. The van der Waals surface area contributed by atoms with Crippen LogP contribution in [0.1, 0.15) is 30.9 Å². The highest BCUT2D eigenvalue weighted by atomic mass is 19.4. The molecule has 0 aromatic heterocycles. The molecule has 0 radical (unpaired) electrons. The fraction of sp³-hybridized carbons (Fsp3) is 0.562. The number of halogens is 3. The highest BCUT2D eigenvalue weighted by Crippen LogP contribution is 2.38. The minimum absolute atomic E-state index is 0.114. The van der Waals surface area contributed by atoms with E-state index >= 15 is 0 Å². The molecule has 1 aromatic carbocycles. The molecule has 0 bridgehead atoms. The van der Waals surface area contributed by atoms with Crippen LogP contribution < -0.4 is 5.32 Å². The Hall–Kier alpha value is -1.76. The molecule has 2 rings (SSSR count). The van der Waals surface area contributed by atoms with Crippen molar-refractivity contribution < 1.29 is 23.1 Å². The molecule has 0 spiro atoms. The van der Waals surface area contributed by atoms with Gasteiger partial charge in [0.15, 0.2) is 5.60 Å². The van der Waals surface area contributed by atoms with E-state index in [2.05, 4.69) is 5.32 Å². The molecule has 1 aliphatic rings. The van der Waals surface area contributed by atoms with E-state index in [1.807, 2.05) is 31.2 Å². The molecule has 23 heavy (non-hydrogen) atoms. The van der Waals surface area contributed by atoms with Crippen LogP contribution in [-0.4, -0.2) is 40.9 Å². The Bertz CT molecular complexity index is 553. The van der Waals surface area contributed by atoms with Crippen molar-refractivity contribution in [2.75, 3.05) is 13.1 Å². The number of hydrogen-bond donors (Lipinski definition) is 2.